The molecule has 2 rings (SSSR count). The lowest BCUT2D eigenvalue weighted by Gasteiger charge is -2.05. The normalized spacial score (nSPS) is 10.1. The molecule has 0 aliphatic carbocycles. The van der Waals surface area contributed by atoms with Gasteiger partial charge in [0.2, 0.25) is 5.88 Å². The number of rotatable bonds is 3. The minimum Gasteiger partial charge on any atom is -0.439 e. The largest absolute Gasteiger partial charge is 0.439 e. The Bertz CT molecular complexity index is 469. The summed E-state index contributed by atoms with van der Waals surface area (Å²) < 4.78 is 5.49. The molecule has 4 nitrogen and oxygen atoms in total. The van der Waals surface area contributed by atoms with Crippen molar-refractivity contribution in [3.05, 3.63) is 48.2 Å². The van der Waals surface area contributed by atoms with Crippen LogP contribution in [0.15, 0.2) is 42.6 Å². The molecule has 0 amide bonds. The summed E-state index contributed by atoms with van der Waals surface area (Å²) in [7, 11) is 0. The van der Waals surface area contributed by atoms with Crippen molar-refractivity contribution in [2.75, 3.05) is 5.73 Å². The van der Waals surface area contributed by atoms with E-state index in [9.17, 15) is 0 Å². The summed E-state index contributed by atoms with van der Waals surface area (Å²) in [5, 5.41) is 8.86. The predicted molar refractivity (Wildman–Crippen MR) is 61.1 cm³/mol. The number of hydrogen-bond acceptors (Lipinski definition) is 4. The first-order valence-electron chi connectivity index (χ1n) is 4.87. The highest BCUT2D eigenvalue weighted by molar-refractivity contribution is 5.44. The highest BCUT2D eigenvalue weighted by Gasteiger charge is 1.99. The maximum Gasteiger partial charge on any atom is 0.219 e. The van der Waals surface area contributed by atoms with E-state index in [0.717, 1.165) is 5.56 Å². The molecule has 2 aromatic rings. The van der Waals surface area contributed by atoms with Gasteiger partial charge in [-0.3, -0.25) is 0 Å². The van der Waals surface area contributed by atoms with E-state index in [4.69, 9.17) is 15.6 Å². The molecular weight excluding hydrogens is 204 g/mol. The standard InChI is InChI=1S/C12H12N2O2/c13-10-2-1-3-11(6-10)16-12-5-4-9(8-15)7-14-12/h1-7,15H,8,13H2. The van der Waals surface area contributed by atoms with Crippen LogP contribution in [-0.4, -0.2) is 10.1 Å². The van der Waals surface area contributed by atoms with Crippen molar-refractivity contribution in [3.63, 3.8) is 0 Å². The molecule has 0 radical (unpaired) electrons. The molecule has 16 heavy (non-hydrogen) atoms. The van der Waals surface area contributed by atoms with Crippen LogP contribution in [0.25, 0.3) is 0 Å². The summed E-state index contributed by atoms with van der Waals surface area (Å²) >= 11 is 0. The molecule has 0 spiro atoms. The second-order valence-corrected chi connectivity index (χ2v) is 3.34. The zero-order chi connectivity index (χ0) is 11.4. The Morgan fingerprint density at radius 3 is 2.75 bits per heavy atom. The first-order valence-corrected chi connectivity index (χ1v) is 4.87. The molecule has 1 heterocycles. The van der Waals surface area contributed by atoms with Gasteiger partial charge < -0.3 is 15.6 Å². The minimum absolute atomic E-state index is 0.0223. The number of anilines is 1. The van der Waals surface area contributed by atoms with Gasteiger partial charge in [-0.25, -0.2) is 4.98 Å². The van der Waals surface area contributed by atoms with Crippen molar-refractivity contribution in [1.29, 1.82) is 0 Å². The molecule has 0 fully saturated rings. The van der Waals surface area contributed by atoms with E-state index >= 15 is 0 Å². The smallest absolute Gasteiger partial charge is 0.219 e. The van der Waals surface area contributed by atoms with Gasteiger partial charge in [0.25, 0.3) is 0 Å². The Morgan fingerprint density at radius 2 is 2.12 bits per heavy atom. The van der Waals surface area contributed by atoms with Crippen molar-refractivity contribution < 1.29 is 9.84 Å². The number of nitrogen functional groups attached to an aromatic ring is 1. The van der Waals surface area contributed by atoms with Crippen LogP contribution in [-0.2, 0) is 6.61 Å². The van der Waals surface area contributed by atoms with Crippen LogP contribution in [0.1, 0.15) is 5.56 Å². The fraction of sp³-hybridized carbons (Fsp3) is 0.0833. The monoisotopic (exact) mass is 216 g/mol. The highest BCUT2D eigenvalue weighted by atomic mass is 16.5. The third-order valence-electron chi connectivity index (χ3n) is 2.06. The molecule has 0 saturated heterocycles. The summed E-state index contributed by atoms with van der Waals surface area (Å²) in [4.78, 5) is 4.05. The van der Waals surface area contributed by atoms with Gasteiger partial charge in [-0.05, 0) is 23.8 Å². The molecule has 1 aromatic carbocycles. The van der Waals surface area contributed by atoms with Crippen LogP contribution in [0, 0.1) is 0 Å². The lowest BCUT2D eigenvalue weighted by molar-refractivity contribution is 0.281. The van der Waals surface area contributed by atoms with Crippen molar-refractivity contribution in [3.8, 4) is 11.6 Å². The van der Waals surface area contributed by atoms with E-state index in [1.807, 2.05) is 6.07 Å². The molecule has 0 saturated carbocycles. The Hall–Kier alpha value is -2.07. The molecule has 1 aromatic heterocycles. The number of ether oxygens (including phenoxy) is 1. The van der Waals surface area contributed by atoms with E-state index in [0.29, 0.717) is 17.3 Å². The van der Waals surface area contributed by atoms with Crippen LogP contribution in [0.3, 0.4) is 0 Å². The molecule has 0 aliphatic heterocycles. The lowest BCUT2D eigenvalue weighted by Crippen LogP contribution is -1.91. The van der Waals surface area contributed by atoms with Gasteiger partial charge in [-0.2, -0.15) is 0 Å². The Morgan fingerprint density at radius 1 is 1.25 bits per heavy atom. The van der Waals surface area contributed by atoms with Crippen LogP contribution in [0.2, 0.25) is 0 Å². The zero-order valence-corrected chi connectivity index (χ0v) is 8.63. The van der Waals surface area contributed by atoms with E-state index in [2.05, 4.69) is 4.98 Å². The molecule has 3 N–H and O–H groups in total. The SMILES string of the molecule is Nc1cccc(Oc2ccc(CO)cn2)c1. The summed E-state index contributed by atoms with van der Waals surface area (Å²) in [5.74, 6) is 1.12. The third kappa shape index (κ3) is 2.49. The van der Waals surface area contributed by atoms with Crippen LogP contribution < -0.4 is 10.5 Å². The Labute approximate surface area is 93.3 Å². The van der Waals surface area contributed by atoms with Gasteiger partial charge >= 0.3 is 0 Å². The molecular formula is C12H12N2O2. The Kier molecular flexibility index (Phi) is 3.03. The quantitative estimate of drug-likeness (QED) is 0.769. The fourth-order valence-corrected chi connectivity index (χ4v) is 1.26. The molecule has 4 heteroatoms. The topological polar surface area (TPSA) is 68.4 Å². The lowest BCUT2D eigenvalue weighted by atomic mass is 10.3. The van der Waals surface area contributed by atoms with Crippen LogP contribution in [0.5, 0.6) is 11.6 Å². The molecule has 82 valence electrons. The van der Waals surface area contributed by atoms with E-state index in [1.54, 1.807) is 36.5 Å². The minimum atomic E-state index is -0.0223. The Balaban J connectivity index is 2.14. The number of aromatic nitrogens is 1. The summed E-state index contributed by atoms with van der Waals surface area (Å²) in [6.07, 6.45) is 1.57. The van der Waals surface area contributed by atoms with Crippen LogP contribution >= 0.6 is 0 Å². The number of aliphatic hydroxyl groups is 1. The first-order chi connectivity index (χ1) is 7.78. The maximum absolute atomic E-state index is 8.86. The summed E-state index contributed by atoms with van der Waals surface area (Å²) in [6.45, 7) is -0.0223. The van der Waals surface area contributed by atoms with E-state index < -0.39 is 0 Å². The van der Waals surface area contributed by atoms with Crippen molar-refractivity contribution in [1.82, 2.24) is 4.98 Å². The number of benzene rings is 1. The number of pyridine rings is 1. The number of nitrogens with zero attached hydrogens (tertiary/aromatic N) is 1. The molecule has 0 aliphatic rings. The molecule has 0 bridgehead atoms. The van der Waals surface area contributed by atoms with Gasteiger partial charge in [0.15, 0.2) is 0 Å². The van der Waals surface area contributed by atoms with Crippen molar-refractivity contribution in [2.24, 2.45) is 0 Å². The highest BCUT2D eigenvalue weighted by Crippen LogP contribution is 2.21. The second-order valence-electron chi connectivity index (χ2n) is 3.34. The number of nitrogens with two attached hydrogens (primary N) is 1. The molecule has 0 unspecified atom stereocenters. The first kappa shape index (κ1) is 10.4. The maximum atomic E-state index is 8.86. The number of aliphatic hydroxyl groups excluding tert-OH is 1. The van der Waals surface area contributed by atoms with Gasteiger partial charge in [0.05, 0.1) is 6.61 Å². The van der Waals surface area contributed by atoms with Crippen molar-refractivity contribution in [2.45, 2.75) is 6.61 Å². The van der Waals surface area contributed by atoms with E-state index in [1.165, 1.54) is 0 Å². The predicted octanol–water partition coefficient (Wildman–Crippen LogP) is 1.95. The van der Waals surface area contributed by atoms with Gasteiger partial charge in [0.1, 0.15) is 5.75 Å². The second kappa shape index (κ2) is 4.63. The average molecular weight is 216 g/mol. The van der Waals surface area contributed by atoms with Crippen molar-refractivity contribution >= 4 is 5.69 Å². The zero-order valence-electron chi connectivity index (χ0n) is 8.63. The average Bonchev–Trinajstić information content (AvgIpc) is 2.30. The van der Waals surface area contributed by atoms with Gasteiger partial charge in [0, 0.05) is 24.0 Å². The van der Waals surface area contributed by atoms with E-state index in [-0.39, 0.29) is 6.61 Å². The van der Waals surface area contributed by atoms with Crippen LogP contribution in [0.4, 0.5) is 5.69 Å². The third-order valence-corrected chi connectivity index (χ3v) is 2.06. The molecule has 0 atom stereocenters. The number of hydrogen-bond donors (Lipinski definition) is 2. The van der Waals surface area contributed by atoms with Gasteiger partial charge in [-0.15, -0.1) is 0 Å². The summed E-state index contributed by atoms with van der Waals surface area (Å²) in [5.41, 5.74) is 7.02. The summed E-state index contributed by atoms with van der Waals surface area (Å²) in [6, 6.07) is 10.6. The van der Waals surface area contributed by atoms with Gasteiger partial charge in [-0.1, -0.05) is 6.07 Å². The fourth-order valence-electron chi connectivity index (χ4n) is 1.26.